The molecule has 1 fully saturated rings. The van der Waals surface area contributed by atoms with Crippen molar-refractivity contribution in [3.63, 3.8) is 0 Å². The van der Waals surface area contributed by atoms with E-state index in [0.717, 1.165) is 55.3 Å². The highest BCUT2D eigenvalue weighted by Gasteiger charge is 2.22. The average molecular weight is 438 g/mol. The van der Waals surface area contributed by atoms with Gasteiger partial charge in [0.2, 0.25) is 0 Å². The Morgan fingerprint density at radius 3 is 2.52 bits per heavy atom. The van der Waals surface area contributed by atoms with Gasteiger partial charge in [-0.3, -0.25) is 4.90 Å². The second kappa shape index (κ2) is 10.7. The molecule has 1 saturated heterocycles. The van der Waals surface area contributed by atoms with Crippen LogP contribution in [0.5, 0.6) is 5.75 Å². The van der Waals surface area contributed by atoms with Crippen LogP contribution in [0.1, 0.15) is 17.2 Å². The molecule has 0 aliphatic carbocycles. The van der Waals surface area contributed by atoms with Crippen LogP contribution in [-0.4, -0.2) is 49.8 Å². The molecule has 1 atom stereocenters. The Bertz CT molecular complexity index is 960. The SMILES string of the molecule is COc1ccc(C(CNCc2cc(-c3ccccc3)cnc2Cl)N2CCOCC2)cc1. The number of pyridine rings is 1. The minimum absolute atomic E-state index is 0.249. The van der Waals surface area contributed by atoms with Gasteiger partial charge < -0.3 is 14.8 Å². The van der Waals surface area contributed by atoms with E-state index in [-0.39, 0.29) is 6.04 Å². The molecule has 5 nitrogen and oxygen atoms in total. The number of nitrogens with one attached hydrogen (secondary N) is 1. The summed E-state index contributed by atoms with van der Waals surface area (Å²) < 4.78 is 10.9. The van der Waals surface area contributed by atoms with Crippen molar-refractivity contribution in [1.82, 2.24) is 15.2 Å². The lowest BCUT2D eigenvalue weighted by molar-refractivity contribution is 0.0161. The highest BCUT2D eigenvalue weighted by atomic mass is 35.5. The molecule has 0 saturated carbocycles. The van der Waals surface area contributed by atoms with Crippen molar-refractivity contribution in [3.05, 3.63) is 83.1 Å². The molecule has 1 aromatic heterocycles. The molecule has 0 amide bonds. The maximum absolute atomic E-state index is 6.41. The third-order valence-electron chi connectivity index (χ3n) is 5.66. The molecule has 1 N–H and O–H groups in total. The molecular formula is C25H28ClN3O2. The molecule has 2 heterocycles. The van der Waals surface area contributed by atoms with E-state index in [2.05, 4.69) is 45.5 Å². The van der Waals surface area contributed by atoms with Crippen LogP contribution in [0, 0.1) is 0 Å². The van der Waals surface area contributed by atoms with Crippen LogP contribution in [0.25, 0.3) is 11.1 Å². The first-order valence-corrected chi connectivity index (χ1v) is 11.0. The summed E-state index contributed by atoms with van der Waals surface area (Å²) in [6.45, 7) is 4.83. The zero-order valence-corrected chi connectivity index (χ0v) is 18.5. The van der Waals surface area contributed by atoms with Crippen molar-refractivity contribution in [1.29, 1.82) is 0 Å². The van der Waals surface area contributed by atoms with Gasteiger partial charge in [-0.1, -0.05) is 54.1 Å². The zero-order chi connectivity index (χ0) is 21.5. The maximum Gasteiger partial charge on any atom is 0.133 e. The number of halogens is 1. The van der Waals surface area contributed by atoms with E-state index < -0.39 is 0 Å². The molecule has 0 bridgehead atoms. The van der Waals surface area contributed by atoms with E-state index in [0.29, 0.717) is 11.7 Å². The second-order valence-corrected chi connectivity index (χ2v) is 7.97. The highest BCUT2D eigenvalue weighted by Crippen LogP contribution is 2.25. The third kappa shape index (κ3) is 5.63. The monoisotopic (exact) mass is 437 g/mol. The lowest BCUT2D eigenvalue weighted by atomic mass is 10.0. The second-order valence-electron chi connectivity index (χ2n) is 7.61. The molecule has 1 aliphatic heterocycles. The molecule has 0 spiro atoms. The fraction of sp³-hybridized carbons (Fsp3) is 0.320. The van der Waals surface area contributed by atoms with E-state index in [1.165, 1.54) is 5.56 Å². The molecule has 3 aromatic rings. The lowest BCUT2D eigenvalue weighted by Crippen LogP contribution is -2.42. The van der Waals surface area contributed by atoms with Crippen LogP contribution in [0.15, 0.2) is 66.9 Å². The lowest BCUT2D eigenvalue weighted by Gasteiger charge is -2.35. The maximum atomic E-state index is 6.41. The van der Waals surface area contributed by atoms with Crippen LogP contribution in [0.3, 0.4) is 0 Å². The van der Waals surface area contributed by atoms with Crippen LogP contribution < -0.4 is 10.1 Å². The third-order valence-corrected chi connectivity index (χ3v) is 6.00. The summed E-state index contributed by atoms with van der Waals surface area (Å²) in [5, 5.41) is 4.15. The van der Waals surface area contributed by atoms with Crippen LogP contribution in [0.4, 0.5) is 0 Å². The first kappa shape index (κ1) is 21.8. The number of benzene rings is 2. The largest absolute Gasteiger partial charge is 0.497 e. The fourth-order valence-electron chi connectivity index (χ4n) is 3.92. The van der Waals surface area contributed by atoms with Gasteiger partial charge in [-0.05, 0) is 29.3 Å². The number of hydrogen-bond acceptors (Lipinski definition) is 5. The van der Waals surface area contributed by atoms with Crippen molar-refractivity contribution >= 4 is 11.6 Å². The van der Waals surface area contributed by atoms with E-state index in [9.17, 15) is 0 Å². The predicted molar refractivity (Wildman–Crippen MR) is 125 cm³/mol. The standard InChI is InChI=1S/C25H28ClN3O2/c1-30-23-9-7-20(8-10-23)24(29-11-13-31-14-12-29)18-27-16-22-15-21(17-28-25(22)26)19-5-3-2-4-6-19/h2-10,15,17,24,27H,11-14,16,18H2,1H3. The summed E-state index contributed by atoms with van der Waals surface area (Å²) in [6, 6.07) is 20.9. The molecule has 0 radical (unpaired) electrons. The topological polar surface area (TPSA) is 46.6 Å². The number of nitrogens with zero attached hydrogens (tertiary/aromatic N) is 2. The molecule has 4 rings (SSSR count). The molecule has 1 unspecified atom stereocenters. The Balaban J connectivity index is 1.47. The van der Waals surface area contributed by atoms with Gasteiger partial charge >= 0.3 is 0 Å². The number of ether oxygens (including phenoxy) is 2. The number of morpholine rings is 1. The summed E-state index contributed by atoms with van der Waals surface area (Å²) in [5.41, 5.74) is 4.47. The Morgan fingerprint density at radius 2 is 1.81 bits per heavy atom. The first-order chi connectivity index (χ1) is 15.2. The summed E-state index contributed by atoms with van der Waals surface area (Å²) in [7, 11) is 1.69. The van der Waals surface area contributed by atoms with Gasteiger partial charge in [-0.2, -0.15) is 0 Å². The number of methoxy groups -OCH3 is 1. The van der Waals surface area contributed by atoms with E-state index in [4.69, 9.17) is 21.1 Å². The van der Waals surface area contributed by atoms with Gasteiger partial charge in [0.05, 0.1) is 20.3 Å². The molecular weight excluding hydrogens is 410 g/mol. The van der Waals surface area contributed by atoms with Gasteiger partial charge in [-0.25, -0.2) is 4.98 Å². The predicted octanol–water partition coefficient (Wildman–Crippen LogP) is 4.57. The van der Waals surface area contributed by atoms with Gasteiger partial charge in [0.1, 0.15) is 10.9 Å². The quantitative estimate of drug-likeness (QED) is 0.523. The fourth-order valence-corrected chi connectivity index (χ4v) is 4.09. The van der Waals surface area contributed by atoms with Crippen LogP contribution in [0.2, 0.25) is 5.15 Å². The minimum atomic E-state index is 0.249. The van der Waals surface area contributed by atoms with Crippen molar-refractivity contribution < 1.29 is 9.47 Å². The average Bonchev–Trinajstić information content (AvgIpc) is 2.84. The van der Waals surface area contributed by atoms with E-state index in [1.54, 1.807) is 7.11 Å². The highest BCUT2D eigenvalue weighted by molar-refractivity contribution is 6.30. The van der Waals surface area contributed by atoms with E-state index >= 15 is 0 Å². The van der Waals surface area contributed by atoms with E-state index in [1.807, 2.05) is 36.5 Å². The summed E-state index contributed by atoms with van der Waals surface area (Å²) in [5.74, 6) is 0.869. The van der Waals surface area contributed by atoms with Crippen molar-refractivity contribution in [2.24, 2.45) is 0 Å². The van der Waals surface area contributed by atoms with Gasteiger partial charge in [0.25, 0.3) is 0 Å². The summed E-state index contributed by atoms with van der Waals surface area (Å²) >= 11 is 6.41. The molecule has 31 heavy (non-hydrogen) atoms. The number of aromatic nitrogens is 1. The number of hydrogen-bond donors (Lipinski definition) is 1. The van der Waals surface area contributed by atoms with Gasteiger partial charge in [0.15, 0.2) is 0 Å². The summed E-state index contributed by atoms with van der Waals surface area (Å²) in [6.07, 6.45) is 1.83. The van der Waals surface area contributed by atoms with Crippen molar-refractivity contribution in [2.75, 3.05) is 40.0 Å². The Labute approximate surface area is 189 Å². The normalized spacial score (nSPS) is 15.5. The first-order valence-electron chi connectivity index (χ1n) is 10.6. The minimum Gasteiger partial charge on any atom is -0.497 e. The molecule has 2 aromatic carbocycles. The van der Waals surface area contributed by atoms with Gasteiger partial charge in [0, 0.05) is 49.5 Å². The Morgan fingerprint density at radius 1 is 1.06 bits per heavy atom. The van der Waals surface area contributed by atoms with Crippen LogP contribution in [-0.2, 0) is 11.3 Å². The molecule has 1 aliphatic rings. The Kier molecular flexibility index (Phi) is 7.54. The van der Waals surface area contributed by atoms with Gasteiger partial charge in [-0.15, -0.1) is 0 Å². The number of rotatable bonds is 8. The molecule has 162 valence electrons. The summed E-state index contributed by atoms with van der Waals surface area (Å²) in [4.78, 5) is 6.88. The van der Waals surface area contributed by atoms with Crippen molar-refractivity contribution in [2.45, 2.75) is 12.6 Å². The smallest absolute Gasteiger partial charge is 0.133 e. The Hall–Kier alpha value is -2.44. The zero-order valence-electron chi connectivity index (χ0n) is 17.8. The molecule has 6 heteroatoms. The van der Waals surface area contributed by atoms with Crippen molar-refractivity contribution in [3.8, 4) is 16.9 Å². The van der Waals surface area contributed by atoms with Crippen LogP contribution >= 0.6 is 11.6 Å².